The van der Waals surface area contributed by atoms with Crippen molar-refractivity contribution in [1.82, 2.24) is 4.90 Å². The minimum Gasteiger partial charge on any atom is -0.337 e. The van der Waals surface area contributed by atoms with Gasteiger partial charge in [-0.1, -0.05) is 32.1 Å². The Morgan fingerprint density at radius 1 is 0.944 bits per heavy atom. The normalized spacial score (nSPS) is 30.4. The van der Waals surface area contributed by atoms with E-state index in [0.717, 1.165) is 18.8 Å². The lowest BCUT2D eigenvalue weighted by atomic mass is 9.86. The van der Waals surface area contributed by atoms with E-state index in [1.54, 1.807) is 0 Å². The van der Waals surface area contributed by atoms with E-state index in [2.05, 4.69) is 18.7 Å². The van der Waals surface area contributed by atoms with Gasteiger partial charge in [0.1, 0.15) is 0 Å². The van der Waals surface area contributed by atoms with Crippen LogP contribution in [0.1, 0.15) is 78.1 Å². The molecule has 0 aromatic heterocycles. The Balaban J connectivity index is 1.79. The van der Waals surface area contributed by atoms with Crippen LogP contribution in [0.5, 0.6) is 0 Å². The molecule has 0 aromatic carbocycles. The van der Waals surface area contributed by atoms with Gasteiger partial charge in [-0.2, -0.15) is 0 Å². The summed E-state index contributed by atoms with van der Waals surface area (Å²) in [5.74, 6) is 1.25. The van der Waals surface area contributed by atoms with E-state index in [1.807, 2.05) is 0 Å². The molecule has 1 saturated heterocycles. The summed E-state index contributed by atoms with van der Waals surface area (Å²) in [6.45, 7) is 4.43. The summed E-state index contributed by atoms with van der Waals surface area (Å²) in [6.07, 6.45) is 12.5. The first-order chi connectivity index (χ1) is 8.68. The van der Waals surface area contributed by atoms with Crippen LogP contribution in [0.25, 0.3) is 0 Å². The van der Waals surface area contributed by atoms with Gasteiger partial charge in [0.15, 0.2) is 0 Å². The zero-order chi connectivity index (χ0) is 13.0. The first-order valence-corrected chi connectivity index (χ1v) is 7.99. The van der Waals surface area contributed by atoms with Crippen LogP contribution in [-0.4, -0.2) is 22.9 Å². The van der Waals surface area contributed by atoms with Crippen LogP contribution in [-0.2, 0) is 4.79 Å². The van der Waals surface area contributed by atoms with E-state index in [4.69, 9.17) is 0 Å². The van der Waals surface area contributed by atoms with Crippen molar-refractivity contribution in [3.05, 3.63) is 0 Å². The number of nitrogens with zero attached hydrogens (tertiary/aromatic N) is 1. The van der Waals surface area contributed by atoms with Crippen molar-refractivity contribution in [1.29, 1.82) is 0 Å². The van der Waals surface area contributed by atoms with Crippen LogP contribution in [0.3, 0.4) is 0 Å². The highest BCUT2D eigenvalue weighted by molar-refractivity contribution is 5.77. The highest BCUT2D eigenvalue weighted by atomic mass is 16.2. The molecule has 0 spiro atoms. The molecule has 1 aliphatic heterocycles. The number of piperidine rings is 1. The molecule has 2 unspecified atom stereocenters. The Hall–Kier alpha value is -0.530. The Morgan fingerprint density at radius 3 is 2.17 bits per heavy atom. The maximum Gasteiger partial charge on any atom is 0.223 e. The number of hydrogen-bond donors (Lipinski definition) is 0. The third-order valence-electron chi connectivity index (χ3n) is 4.97. The van der Waals surface area contributed by atoms with E-state index in [-0.39, 0.29) is 0 Å². The Morgan fingerprint density at radius 2 is 1.56 bits per heavy atom. The average molecular weight is 251 g/mol. The summed E-state index contributed by atoms with van der Waals surface area (Å²) in [4.78, 5) is 14.6. The molecule has 104 valence electrons. The van der Waals surface area contributed by atoms with Crippen molar-refractivity contribution in [3.8, 4) is 0 Å². The number of hydrogen-bond acceptors (Lipinski definition) is 1. The van der Waals surface area contributed by atoms with E-state index in [1.165, 1.54) is 51.4 Å². The highest BCUT2D eigenvalue weighted by Crippen LogP contribution is 2.29. The summed E-state index contributed by atoms with van der Waals surface area (Å²) < 4.78 is 0. The van der Waals surface area contributed by atoms with Gasteiger partial charge in [-0.3, -0.25) is 4.79 Å². The molecule has 1 saturated carbocycles. The third-order valence-corrected chi connectivity index (χ3v) is 4.97. The SMILES string of the molecule is CC1CCCC(C)N1C(=O)CCC1CCCCC1. The first kappa shape index (κ1) is 13.9. The van der Waals surface area contributed by atoms with Crippen molar-refractivity contribution in [3.63, 3.8) is 0 Å². The lowest BCUT2D eigenvalue weighted by Gasteiger charge is -2.39. The molecule has 1 aliphatic carbocycles. The third kappa shape index (κ3) is 3.49. The van der Waals surface area contributed by atoms with Crippen LogP contribution in [0, 0.1) is 5.92 Å². The summed E-state index contributed by atoms with van der Waals surface area (Å²) in [5, 5.41) is 0. The molecule has 2 aliphatic rings. The van der Waals surface area contributed by atoms with Crippen molar-refractivity contribution in [2.75, 3.05) is 0 Å². The van der Waals surface area contributed by atoms with Crippen LogP contribution >= 0.6 is 0 Å². The van der Waals surface area contributed by atoms with Crippen LogP contribution in [0.15, 0.2) is 0 Å². The molecular weight excluding hydrogens is 222 g/mol. The summed E-state index contributed by atoms with van der Waals surface area (Å²) in [7, 11) is 0. The lowest BCUT2D eigenvalue weighted by molar-refractivity contribution is -0.137. The van der Waals surface area contributed by atoms with Crippen molar-refractivity contribution in [2.24, 2.45) is 5.92 Å². The monoisotopic (exact) mass is 251 g/mol. The molecule has 0 N–H and O–H groups in total. The van der Waals surface area contributed by atoms with Gasteiger partial charge >= 0.3 is 0 Å². The average Bonchev–Trinajstić information content (AvgIpc) is 2.37. The van der Waals surface area contributed by atoms with Gasteiger partial charge in [0.05, 0.1) is 0 Å². The zero-order valence-electron chi connectivity index (χ0n) is 12.2. The molecule has 0 bridgehead atoms. The number of amides is 1. The van der Waals surface area contributed by atoms with Gasteiger partial charge in [0, 0.05) is 18.5 Å². The summed E-state index contributed by atoms with van der Waals surface area (Å²) in [6, 6.07) is 0.931. The predicted molar refractivity (Wildman–Crippen MR) is 75.4 cm³/mol. The second-order valence-electron chi connectivity index (χ2n) is 6.47. The van der Waals surface area contributed by atoms with E-state index in [9.17, 15) is 4.79 Å². The van der Waals surface area contributed by atoms with Gasteiger partial charge in [0.25, 0.3) is 0 Å². The molecule has 0 radical (unpaired) electrons. The van der Waals surface area contributed by atoms with Gasteiger partial charge in [0.2, 0.25) is 5.91 Å². The Kier molecular flexibility index (Phi) is 5.08. The number of carbonyl (C=O) groups is 1. The maximum atomic E-state index is 12.4. The quantitative estimate of drug-likeness (QED) is 0.738. The fourth-order valence-electron chi connectivity index (χ4n) is 3.85. The van der Waals surface area contributed by atoms with Gasteiger partial charge in [-0.15, -0.1) is 0 Å². The fraction of sp³-hybridized carbons (Fsp3) is 0.938. The minimum absolute atomic E-state index is 0.417. The molecule has 2 fully saturated rings. The molecule has 1 heterocycles. The predicted octanol–water partition coefficient (Wildman–Crippen LogP) is 4.14. The summed E-state index contributed by atoms with van der Waals surface area (Å²) in [5.41, 5.74) is 0. The second-order valence-corrected chi connectivity index (χ2v) is 6.47. The van der Waals surface area contributed by atoms with Crippen molar-refractivity contribution in [2.45, 2.75) is 90.1 Å². The van der Waals surface area contributed by atoms with E-state index >= 15 is 0 Å². The minimum atomic E-state index is 0.417. The van der Waals surface area contributed by atoms with Gasteiger partial charge in [-0.05, 0) is 45.4 Å². The maximum absolute atomic E-state index is 12.4. The molecule has 2 nitrogen and oxygen atoms in total. The van der Waals surface area contributed by atoms with Gasteiger partial charge < -0.3 is 4.90 Å². The van der Waals surface area contributed by atoms with Crippen molar-refractivity contribution < 1.29 is 4.79 Å². The largest absolute Gasteiger partial charge is 0.337 e. The molecule has 2 heteroatoms. The number of carbonyl (C=O) groups excluding carboxylic acids is 1. The molecule has 2 rings (SSSR count). The van der Waals surface area contributed by atoms with Crippen LogP contribution < -0.4 is 0 Å². The van der Waals surface area contributed by atoms with Crippen LogP contribution in [0.2, 0.25) is 0 Å². The molecular formula is C16H29NO. The highest BCUT2D eigenvalue weighted by Gasteiger charge is 2.28. The second kappa shape index (κ2) is 6.58. The Bertz CT molecular complexity index is 260. The van der Waals surface area contributed by atoms with E-state index < -0.39 is 0 Å². The molecule has 1 amide bonds. The Labute approximate surface area is 112 Å². The number of likely N-dealkylation sites (tertiary alicyclic amines) is 1. The zero-order valence-corrected chi connectivity index (χ0v) is 12.2. The first-order valence-electron chi connectivity index (χ1n) is 7.99. The summed E-state index contributed by atoms with van der Waals surface area (Å²) >= 11 is 0. The van der Waals surface area contributed by atoms with E-state index in [0.29, 0.717) is 18.0 Å². The standard InChI is InChI=1S/C16H29NO/c1-13-7-6-8-14(2)17(13)16(18)12-11-15-9-4-3-5-10-15/h13-15H,3-12H2,1-2H3. The van der Waals surface area contributed by atoms with Crippen molar-refractivity contribution >= 4 is 5.91 Å². The molecule has 0 aromatic rings. The molecule has 18 heavy (non-hydrogen) atoms. The lowest BCUT2D eigenvalue weighted by Crippen LogP contribution is -2.47. The fourth-order valence-corrected chi connectivity index (χ4v) is 3.85. The van der Waals surface area contributed by atoms with Crippen LogP contribution in [0.4, 0.5) is 0 Å². The molecule has 2 atom stereocenters. The smallest absolute Gasteiger partial charge is 0.223 e. The number of rotatable bonds is 3. The van der Waals surface area contributed by atoms with Gasteiger partial charge in [-0.25, -0.2) is 0 Å². The topological polar surface area (TPSA) is 20.3 Å².